The average Bonchev–Trinajstić information content (AvgIpc) is 2.93. The van der Waals surface area contributed by atoms with E-state index < -0.39 is 22.8 Å². The summed E-state index contributed by atoms with van der Waals surface area (Å²) in [5.74, 6) is -0.173. The van der Waals surface area contributed by atoms with E-state index in [1.54, 1.807) is 11.0 Å². The molecular formula is C28H22ClF3N4O2. The number of nitrogens with zero attached hydrogens (tertiary/aromatic N) is 3. The lowest BCUT2D eigenvalue weighted by Gasteiger charge is -2.35. The molecule has 0 spiro atoms. The number of carbonyl (C=O) groups excluding carboxylic acids is 2. The Morgan fingerprint density at radius 1 is 0.842 bits per heavy atom. The molecule has 3 aromatic carbocycles. The molecule has 1 saturated heterocycles. The van der Waals surface area contributed by atoms with Gasteiger partial charge < -0.3 is 15.1 Å². The summed E-state index contributed by atoms with van der Waals surface area (Å²) >= 11 is 5.66. The molecule has 1 N–H and O–H groups in total. The molecule has 10 heteroatoms. The molecule has 0 radical (unpaired) electrons. The Bertz CT molecular complexity index is 1500. The highest BCUT2D eigenvalue weighted by Gasteiger charge is 2.34. The second kappa shape index (κ2) is 10.3. The number of piperazine rings is 1. The number of hydrogen-bond donors (Lipinski definition) is 1. The maximum Gasteiger partial charge on any atom is 0.417 e. The van der Waals surface area contributed by atoms with Gasteiger partial charge in [-0.2, -0.15) is 13.2 Å². The summed E-state index contributed by atoms with van der Waals surface area (Å²) in [4.78, 5) is 34.2. The Morgan fingerprint density at radius 3 is 2.21 bits per heavy atom. The summed E-state index contributed by atoms with van der Waals surface area (Å²) in [6.07, 6.45) is -4.64. The topological polar surface area (TPSA) is 65.5 Å². The van der Waals surface area contributed by atoms with Gasteiger partial charge in [0.2, 0.25) is 0 Å². The summed E-state index contributed by atoms with van der Waals surface area (Å²) in [5.41, 5.74) is 1.77. The standard InChI is InChI=1S/C28H22ClF3N4O2/c29-23-11-10-19(16-22(23)28(30,31)32)33-27(38)36-14-12-35(13-15-36)26(37)21-17-25(18-6-2-1-3-7-18)34-24-9-5-4-8-20(21)24/h1-11,16-17H,12-15H2,(H,33,38). The largest absolute Gasteiger partial charge is 0.417 e. The molecule has 194 valence electrons. The molecule has 0 saturated carbocycles. The van der Waals surface area contributed by atoms with E-state index in [9.17, 15) is 22.8 Å². The zero-order valence-electron chi connectivity index (χ0n) is 20.0. The monoisotopic (exact) mass is 538 g/mol. The minimum Gasteiger partial charge on any atom is -0.335 e. The van der Waals surface area contributed by atoms with Crippen LogP contribution in [0.25, 0.3) is 22.2 Å². The predicted molar refractivity (Wildman–Crippen MR) is 140 cm³/mol. The normalized spacial score (nSPS) is 14.0. The van der Waals surface area contributed by atoms with Crippen molar-refractivity contribution in [2.45, 2.75) is 6.18 Å². The first-order valence-electron chi connectivity index (χ1n) is 11.9. The number of aromatic nitrogens is 1. The Kier molecular flexibility index (Phi) is 6.94. The smallest absolute Gasteiger partial charge is 0.335 e. The van der Waals surface area contributed by atoms with Crippen LogP contribution < -0.4 is 5.32 Å². The van der Waals surface area contributed by atoms with Gasteiger partial charge in [-0.25, -0.2) is 9.78 Å². The van der Waals surface area contributed by atoms with Crippen molar-refractivity contribution in [1.82, 2.24) is 14.8 Å². The third kappa shape index (κ3) is 5.28. The second-order valence-electron chi connectivity index (χ2n) is 8.84. The molecule has 38 heavy (non-hydrogen) atoms. The SMILES string of the molecule is O=C(Nc1ccc(Cl)c(C(F)(F)F)c1)N1CCN(C(=O)c2cc(-c3ccccc3)nc3ccccc23)CC1. The van der Waals surface area contributed by atoms with E-state index in [0.717, 1.165) is 23.1 Å². The number of alkyl halides is 3. The van der Waals surface area contributed by atoms with Gasteiger partial charge in [0.1, 0.15) is 0 Å². The van der Waals surface area contributed by atoms with Crippen molar-refractivity contribution >= 4 is 40.1 Å². The van der Waals surface area contributed by atoms with Crippen molar-refractivity contribution < 1.29 is 22.8 Å². The lowest BCUT2D eigenvalue weighted by molar-refractivity contribution is -0.137. The van der Waals surface area contributed by atoms with Crippen molar-refractivity contribution in [3.05, 3.63) is 95.0 Å². The Morgan fingerprint density at radius 2 is 1.50 bits per heavy atom. The van der Waals surface area contributed by atoms with Crippen LogP contribution in [0.5, 0.6) is 0 Å². The minimum atomic E-state index is -4.64. The van der Waals surface area contributed by atoms with Crippen LogP contribution in [0, 0.1) is 0 Å². The predicted octanol–water partition coefficient (Wildman–Crippen LogP) is 6.56. The number of rotatable bonds is 3. The quantitative estimate of drug-likeness (QED) is 0.321. The van der Waals surface area contributed by atoms with Crippen molar-refractivity contribution in [3.63, 3.8) is 0 Å². The van der Waals surface area contributed by atoms with Crippen LogP contribution in [0.3, 0.4) is 0 Å². The van der Waals surface area contributed by atoms with E-state index in [1.165, 1.54) is 11.0 Å². The van der Waals surface area contributed by atoms with E-state index >= 15 is 0 Å². The molecule has 1 aliphatic heterocycles. The first kappa shape index (κ1) is 25.5. The number of anilines is 1. The van der Waals surface area contributed by atoms with Gasteiger partial charge in [0.15, 0.2) is 0 Å². The van der Waals surface area contributed by atoms with Crippen molar-refractivity contribution in [2.24, 2.45) is 0 Å². The van der Waals surface area contributed by atoms with Gasteiger partial charge in [-0.1, -0.05) is 60.1 Å². The number of amides is 3. The van der Waals surface area contributed by atoms with Crippen LogP contribution in [-0.4, -0.2) is 52.9 Å². The van der Waals surface area contributed by atoms with Crippen LogP contribution in [0.1, 0.15) is 15.9 Å². The van der Waals surface area contributed by atoms with Crippen molar-refractivity contribution in [1.29, 1.82) is 0 Å². The van der Waals surface area contributed by atoms with Gasteiger partial charge in [0.05, 0.1) is 27.4 Å². The zero-order chi connectivity index (χ0) is 26.9. The first-order chi connectivity index (χ1) is 18.2. The van der Waals surface area contributed by atoms with E-state index in [-0.39, 0.29) is 37.8 Å². The number of pyridine rings is 1. The Labute approximate surface area is 221 Å². The number of hydrogen-bond acceptors (Lipinski definition) is 3. The highest BCUT2D eigenvalue weighted by molar-refractivity contribution is 6.31. The molecule has 3 amide bonds. The first-order valence-corrected chi connectivity index (χ1v) is 12.3. The molecule has 1 aliphatic rings. The summed E-state index contributed by atoms with van der Waals surface area (Å²) in [6, 6.07) is 21.5. The van der Waals surface area contributed by atoms with E-state index in [4.69, 9.17) is 16.6 Å². The van der Waals surface area contributed by atoms with Crippen LogP contribution in [0.2, 0.25) is 5.02 Å². The maximum atomic E-state index is 13.6. The molecular weight excluding hydrogens is 517 g/mol. The Balaban J connectivity index is 1.30. The highest BCUT2D eigenvalue weighted by Crippen LogP contribution is 2.36. The molecule has 6 nitrogen and oxygen atoms in total. The van der Waals surface area contributed by atoms with Crippen LogP contribution in [0.4, 0.5) is 23.7 Å². The summed E-state index contributed by atoms with van der Waals surface area (Å²) in [7, 11) is 0. The fourth-order valence-corrected chi connectivity index (χ4v) is 4.64. The van der Waals surface area contributed by atoms with E-state index in [2.05, 4.69) is 5.32 Å². The number of benzene rings is 3. The van der Waals surface area contributed by atoms with Gasteiger partial charge >= 0.3 is 12.2 Å². The van der Waals surface area contributed by atoms with E-state index in [1.807, 2.05) is 54.6 Å². The molecule has 1 aromatic heterocycles. The third-order valence-electron chi connectivity index (χ3n) is 6.39. The van der Waals surface area contributed by atoms with Gasteiger partial charge in [0, 0.05) is 42.8 Å². The average molecular weight is 539 g/mol. The van der Waals surface area contributed by atoms with Gasteiger partial charge in [-0.15, -0.1) is 0 Å². The van der Waals surface area contributed by atoms with Crippen LogP contribution in [-0.2, 0) is 6.18 Å². The van der Waals surface area contributed by atoms with Crippen molar-refractivity contribution in [2.75, 3.05) is 31.5 Å². The molecule has 5 rings (SSSR count). The van der Waals surface area contributed by atoms with Crippen LogP contribution in [0.15, 0.2) is 78.9 Å². The summed E-state index contributed by atoms with van der Waals surface area (Å²) in [6.45, 7) is 1.01. The molecule has 0 bridgehead atoms. The van der Waals surface area contributed by atoms with Crippen LogP contribution >= 0.6 is 11.6 Å². The molecule has 0 atom stereocenters. The zero-order valence-corrected chi connectivity index (χ0v) is 20.8. The molecule has 0 unspecified atom stereocenters. The van der Waals surface area contributed by atoms with Gasteiger partial charge in [-0.3, -0.25) is 4.79 Å². The van der Waals surface area contributed by atoms with Crippen molar-refractivity contribution in [3.8, 4) is 11.3 Å². The summed E-state index contributed by atoms with van der Waals surface area (Å²) in [5, 5.41) is 2.79. The highest BCUT2D eigenvalue weighted by atomic mass is 35.5. The van der Waals surface area contributed by atoms with E-state index in [0.29, 0.717) is 16.8 Å². The fourth-order valence-electron chi connectivity index (χ4n) is 4.41. The lowest BCUT2D eigenvalue weighted by Crippen LogP contribution is -2.51. The maximum absolute atomic E-state index is 13.6. The molecule has 4 aromatic rings. The number of carbonyl (C=O) groups is 2. The third-order valence-corrected chi connectivity index (χ3v) is 6.72. The minimum absolute atomic E-state index is 0.0121. The molecule has 0 aliphatic carbocycles. The molecule has 1 fully saturated rings. The molecule has 2 heterocycles. The number of nitrogens with one attached hydrogen (secondary N) is 1. The number of para-hydroxylation sites is 1. The Hall–Kier alpha value is -4.11. The summed E-state index contributed by atoms with van der Waals surface area (Å²) < 4.78 is 39.4. The number of urea groups is 1. The van der Waals surface area contributed by atoms with Gasteiger partial charge in [-0.05, 0) is 30.3 Å². The van der Waals surface area contributed by atoms with Gasteiger partial charge in [0.25, 0.3) is 5.91 Å². The lowest BCUT2D eigenvalue weighted by atomic mass is 10.0. The second-order valence-corrected chi connectivity index (χ2v) is 9.25. The number of fused-ring (bicyclic) bond motifs is 1. The number of halogens is 4. The fraction of sp³-hybridized carbons (Fsp3) is 0.179.